The smallest absolute Gasteiger partial charge is 0.385 e. The molecule has 0 aromatic heterocycles. The van der Waals surface area contributed by atoms with Crippen LogP contribution in [0.2, 0.25) is 0 Å². The van der Waals surface area contributed by atoms with Gasteiger partial charge in [0.2, 0.25) is 0 Å². The fourth-order valence-corrected chi connectivity index (χ4v) is 0.0264. The summed E-state index contributed by atoms with van der Waals surface area (Å²) < 4.78 is 0. The molecule has 0 N–H and O–H groups in total. The second kappa shape index (κ2) is 2.94. The lowest BCUT2D eigenvalue weighted by Gasteiger charge is -1.58. The predicted octanol–water partition coefficient (Wildman–Crippen LogP) is -0.813. The third-order valence-electron chi connectivity index (χ3n) is 0.123. The van der Waals surface area contributed by atoms with Crippen LogP contribution in [0.4, 0.5) is 0 Å². The summed E-state index contributed by atoms with van der Waals surface area (Å²) in [5, 5.41) is 16.5. The van der Waals surface area contributed by atoms with Crippen LogP contribution in [0.3, 0.4) is 0 Å². The monoisotopic (exact) mass is 67.0 g/mol. The van der Waals surface area contributed by atoms with E-state index in [1.807, 2.05) is 0 Å². The third-order valence-corrected chi connectivity index (χ3v) is 0.123. The van der Waals surface area contributed by atoms with Gasteiger partial charge in [0.1, 0.15) is 6.26 Å². The molecular formula is C3HNO. The maximum Gasteiger partial charge on any atom is 0.385 e. The molecular weight excluding hydrogens is 66.0 g/mol. The van der Waals surface area contributed by atoms with Gasteiger partial charge in [0.15, 0.2) is 0 Å². The minimum atomic E-state index is 0.319. The topological polar surface area (TPSA) is 46.8 Å². The molecule has 0 saturated heterocycles. The predicted molar refractivity (Wildman–Crippen MR) is 13.4 cm³/mol. The average molecular weight is 67.0 g/mol. The van der Waals surface area contributed by atoms with Crippen molar-refractivity contribution in [3.8, 4) is 6.07 Å². The molecule has 5 heavy (non-hydrogen) atoms. The molecule has 0 rings (SSSR count). The van der Waals surface area contributed by atoms with E-state index in [0.29, 0.717) is 6.26 Å². The van der Waals surface area contributed by atoms with Gasteiger partial charge in [-0.3, -0.25) is 0 Å². The Hall–Kier alpha value is -1.06. The fraction of sp³-hybridized carbons (Fsp3) is 0. The van der Waals surface area contributed by atoms with E-state index in [0.717, 1.165) is 0 Å². The summed E-state index contributed by atoms with van der Waals surface area (Å²) in [6.45, 7) is 0. The van der Waals surface area contributed by atoms with E-state index in [4.69, 9.17) is 10.4 Å². The van der Waals surface area contributed by atoms with Gasteiger partial charge in [0.25, 0.3) is 0 Å². The van der Waals surface area contributed by atoms with Crippen molar-refractivity contribution >= 4 is 0 Å². The van der Waals surface area contributed by atoms with E-state index >= 15 is 0 Å². The largest absolute Gasteiger partial charge is 0.837 e. The number of rotatable bonds is 0. The number of hydrogen-bond acceptors (Lipinski definition) is 2. The number of nitrogens with zero attached hydrogens (tertiary/aromatic N) is 1. The van der Waals surface area contributed by atoms with Crippen molar-refractivity contribution in [2.75, 3.05) is 0 Å². The number of nitriles is 1. The number of hydrogen-bond donors (Lipinski definition) is 0. The van der Waals surface area contributed by atoms with Crippen molar-refractivity contribution in [2.24, 2.45) is 0 Å². The van der Waals surface area contributed by atoms with Crippen molar-refractivity contribution in [2.45, 2.75) is 0 Å². The molecule has 0 aliphatic heterocycles. The molecule has 0 spiro atoms. The molecule has 0 radical (unpaired) electrons. The molecule has 0 saturated carbocycles. The van der Waals surface area contributed by atoms with Crippen LogP contribution in [0.1, 0.15) is 0 Å². The average Bonchev–Trinajstić information content (AvgIpc) is 1.41. The summed E-state index contributed by atoms with van der Waals surface area (Å²) in [5.74, 6) is 0. The maximum atomic E-state index is 9.07. The third kappa shape index (κ3) is 2.94. The van der Waals surface area contributed by atoms with Gasteiger partial charge in [-0.25, -0.2) is 0 Å². The summed E-state index contributed by atoms with van der Waals surface area (Å²) in [4.78, 5) is 0. The Balaban J connectivity index is 3.04. The van der Waals surface area contributed by atoms with Gasteiger partial charge in [-0.1, -0.05) is 0 Å². The van der Waals surface area contributed by atoms with Gasteiger partial charge in [-0.15, -0.1) is 5.26 Å². The van der Waals surface area contributed by atoms with Gasteiger partial charge in [0.05, 0.1) is 0 Å². The molecule has 0 unspecified atom stereocenters. The van der Waals surface area contributed by atoms with Crippen molar-refractivity contribution < 1.29 is 5.11 Å². The van der Waals surface area contributed by atoms with Gasteiger partial charge < -0.3 is 5.11 Å². The van der Waals surface area contributed by atoms with E-state index in [-0.39, 0.29) is 0 Å². The zero-order valence-electron chi connectivity index (χ0n) is 2.43. The second-order valence-corrected chi connectivity index (χ2v) is 0.374. The molecule has 24 valence electrons. The van der Waals surface area contributed by atoms with Gasteiger partial charge >= 0.3 is 12.1 Å². The van der Waals surface area contributed by atoms with Crippen molar-refractivity contribution in [3.05, 3.63) is 12.3 Å². The lowest BCUT2D eigenvalue weighted by atomic mass is 10.7. The molecule has 0 bridgehead atoms. The van der Waals surface area contributed by atoms with Crippen LogP contribution in [0.15, 0.2) is 6.26 Å². The van der Waals surface area contributed by atoms with Gasteiger partial charge in [0, 0.05) is 0 Å². The summed E-state index contributed by atoms with van der Waals surface area (Å²) >= 11 is 0. The first-order chi connectivity index (χ1) is 2.41. The summed E-state index contributed by atoms with van der Waals surface area (Å²) in [6.07, 6.45) is 2.06. The number of allylic oxidation sites excluding steroid dienone is 1. The van der Waals surface area contributed by atoms with Crippen LogP contribution in [0.25, 0.3) is 0 Å². The van der Waals surface area contributed by atoms with Crippen LogP contribution >= 0.6 is 0 Å². The highest BCUT2D eigenvalue weighted by Crippen LogP contribution is 1.45. The first-order valence-electron chi connectivity index (χ1n) is 0.998. The Labute approximate surface area is 30.0 Å². The molecule has 0 aromatic carbocycles. The highest BCUT2D eigenvalue weighted by molar-refractivity contribution is 4.85. The standard InChI is InChI=1S/C3HNO/c4-2-1-3-5/h3H. The zero-order valence-corrected chi connectivity index (χ0v) is 2.43. The van der Waals surface area contributed by atoms with E-state index in [9.17, 15) is 0 Å². The molecule has 2 heteroatoms. The van der Waals surface area contributed by atoms with Gasteiger partial charge in [-0.2, -0.15) is 0 Å². The Morgan fingerprint density at radius 2 is 2.60 bits per heavy atom. The van der Waals surface area contributed by atoms with Crippen LogP contribution in [0.5, 0.6) is 0 Å². The van der Waals surface area contributed by atoms with E-state index in [2.05, 4.69) is 0 Å². The van der Waals surface area contributed by atoms with Crippen LogP contribution in [-0.4, -0.2) is 0 Å². The molecule has 0 amide bonds. The zero-order chi connectivity index (χ0) is 4.12. The van der Waals surface area contributed by atoms with Crippen molar-refractivity contribution in [3.63, 3.8) is 0 Å². The fourth-order valence-electron chi connectivity index (χ4n) is 0.0264. The van der Waals surface area contributed by atoms with E-state index in [1.165, 1.54) is 6.07 Å². The summed E-state index contributed by atoms with van der Waals surface area (Å²) in [5.41, 5.74) is 0. The van der Waals surface area contributed by atoms with E-state index < -0.39 is 0 Å². The van der Waals surface area contributed by atoms with Crippen molar-refractivity contribution in [1.82, 2.24) is 0 Å². The second-order valence-electron chi connectivity index (χ2n) is 0.374. The lowest BCUT2D eigenvalue weighted by molar-refractivity contribution is -0.275. The SMILES string of the molecule is N#C[C+]=C[O-]. The van der Waals surface area contributed by atoms with E-state index in [1.54, 1.807) is 6.08 Å². The maximum absolute atomic E-state index is 9.07. The summed E-state index contributed by atoms with van der Waals surface area (Å²) in [6, 6.07) is 1.40. The van der Waals surface area contributed by atoms with Crippen LogP contribution < -0.4 is 5.11 Å². The summed E-state index contributed by atoms with van der Waals surface area (Å²) in [7, 11) is 0. The molecule has 0 heterocycles. The highest BCUT2D eigenvalue weighted by Gasteiger charge is 1.68. The van der Waals surface area contributed by atoms with Crippen LogP contribution in [0, 0.1) is 17.4 Å². The normalized spacial score (nSPS) is 6.20. The minimum absolute atomic E-state index is 0.319. The lowest BCUT2D eigenvalue weighted by Crippen LogP contribution is -1.82. The Kier molecular flexibility index (Phi) is 2.32. The molecule has 2 nitrogen and oxygen atoms in total. The Bertz CT molecular complexity index is 69.5. The quantitative estimate of drug-likeness (QED) is 0.211. The van der Waals surface area contributed by atoms with Gasteiger partial charge in [-0.05, 0) is 0 Å². The molecule has 0 aromatic rings. The Morgan fingerprint density at radius 1 is 2.00 bits per heavy atom. The molecule has 0 aliphatic rings. The first kappa shape index (κ1) is 3.94. The first-order valence-corrected chi connectivity index (χ1v) is 0.998. The highest BCUT2D eigenvalue weighted by atomic mass is 16.2. The molecule has 0 fully saturated rings. The van der Waals surface area contributed by atoms with Crippen molar-refractivity contribution in [1.29, 1.82) is 5.26 Å². The minimum Gasteiger partial charge on any atom is -0.837 e. The molecule has 0 aliphatic carbocycles. The molecule has 0 atom stereocenters. The Morgan fingerprint density at radius 3 is 2.60 bits per heavy atom. The van der Waals surface area contributed by atoms with Crippen LogP contribution in [-0.2, 0) is 0 Å².